The highest BCUT2D eigenvalue weighted by atomic mass is 35.5. The molecule has 0 aromatic heterocycles. The fraction of sp³-hybridized carbons (Fsp3) is 0.0667. The first-order valence-corrected chi connectivity index (χ1v) is 6.38. The Balaban J connectivity index is 2.22. The average Bonchev–Trinajstić information content (AvgIpc) is 2.48. The Kier molecular flexibility index (Phi) is 4.38. The topological polar surface area (TPSA) is 55.2 Å². The maximum Gasteiger partial charge on any atom is 0.269 e. The van der Waals surface area contributed by atoms with E-state index < -0.39 is 4.92 Å². The number of rotatable bonds is 4. The number of nitrogens with one attached hydrogen (secondary N) is 1. The zero-order valence-corrected chi connectivity index (χ0v) is 11.6. The van der Waals surface area contributed by atoms with Crippen LogP contribution in [0, 0.1) is 10.1 Å². The molecule has 0 bridgehead atoms. The van der Waals surface area contributed by atoms with E-state index in [1.54, 1.807) is 18.2 Å². The van der Waals surface area contributed by atoms with Gasteiger partial charge in [0.05, 0.1) is 4.92 Å². The summed E-state index contributed by atoms with van der Waals surface area (Å²) >= 11 is 6.25. The Labute approximate surface area is 121 Å². The smallest absolute Gasteiger partial charge is 0.269 e. The number of benzene rings is 2. The van der Waals surface area contributed by atoms with Gasteiger partial charge in [-0.3, -0.25) is 10.1 Å². The molecule has 0 aliphatic heterocycles. The van der Waals surface area contributed by atoms with Crippen molar-refractivity contribution in [1.29, 1.82) is 0 Å². The van der Waals surface area contributed by atoms with Gasteiger partial charge in [-0.15, -0.1) is 0 Å². The predicted octanol–water partition coefficient (Wildman–Crippen LogP) is 4.37. The highest BCUT2D eigenvalue weighted by Crippen LogP contribution is 2.24. The second-order valence-electron chi connectivity index (χ2n) is 4.17. The normalized spacial score (nSPS) is 11.2. The molecule has 0 amide bonds. The molecule has 0 atom stereocenters. The lowest BCUT2D eigenvalue weighted by Crippen LogP contribution is -1.88. The van der Waals surface area contributed by atoms with Crippen LogP contribution in [-0.2, 0) is 0 Å². The number of hydrogen-bond acceptors (Lipinski definition) is 3. The number of hydrogen-bond donors (Lipinski definition) is 1. The lowest BCUT2D eigenvalue weighted by Gasteiger charge is -2.03. The second kappa shape index (κ2) is 6.21. The van der Waals surface area contributed by atoms with Gasteiger partial charge in [-0.05, 0) is 41.5 Å². The third-order valence-corrected chi connectivity index (χ3v) is 3.17. The molecule has 4 nitrogen and oxygen atoms in total. The van der Waals surface area contributed by atoms with E-state index >= 15 is 0 Å². The fourth-order valence-corrected chi connectivity index (χ4v) is 1.97. The summed E-state index contributed by atoms with van der Waals surface area (Å²) in [5.41, 5.74) is 2.78. The van der Waals surface area contributed by atoms with Gasteiger partial charge in [0.1, 0.15) is 0 Å². The zero-order chi connectivity index (χ0) is 14.5. The van der Waals surface area contributed by atoms with Gasteiger partial charge >= 0.3 is 0 Å². The Morgan fingerprint density at radius 1 is 1.15 bits per heavy atom. The average molecular weight is 289 g/mol. The van der Waals surface area contributed by atoms with Crippen LogP contribution in [0.4, 0.5) is 11.4 Å². The molecule has 0 saturated heterocycles. The van der Waals surface area contributed by atoms with Crippen molar-refractivity contribution in [3.63, 3.8) is 0 Å². The van der Waals surface area contributed by atoms with Crippen molar-refractivity contribution in [2.45, 2.75) is 0 Å². The number of non-ortho nitro benzene ring substituents is 1. The Hall–Kier alpha value is -2.33. The van der Waals surface area contributed by atoms with Crippen molar-refractivity contribution in [2.24, 2.45) is 0 Å². The van der Waals surface area contributed by atoms with Crippen LogP contribution >= 0.6 is 11.6 Å². The molecule has 1 N–H and O–H groups in total. The van der Waals surface area contributed by atoms with Gasteiger partial charge in [-0.2, -0.15) is 0 Å². The van der Waals surface area contributed by atoms with Gasteiger partial charge in [-0.25, -0.2) is 0 Å². The first kappa shape index (κ1) is 14.1. The number of halogens is 1. The van der Waals surface area contributed by atoms with Gasteiger partial charge in [-0.1, -0.05) is 23.7 Å². The quantitative estimate of drug-likeness (QED) is 0.516. The summed E-state index contributed by atoms with van der Waals surface area (Å²) < 4.78 is 0. The van der Waals surface area contributed by atoms with Crippen LogP contribution in [0.3, 0.4) is 0 Å². The van der Waals surface area contributed by atoms with E-state index in [-0.39, 0.29) is 5.69 Å². The maximum atomic E-state index is 10.6. The van der Waals surface area contributed by atoms with Crippen LogP contribution in [0.1, 0.15) is 11.1 Å². The molecule has 0 heterocycles. The van der Waals surface area contributed by atoms with Crippen LogP contribution in [0.25, 0.3) is 11.1 Å². The van der Waals surface area contributed by atoms with E-state index in [1.807, 2.05) is 31.3 Å². The SMILES string of the molecule is CNc1ccc(C(Cl)=Cc2ccc([N+](=O)[O-])cc2)cc1. The van der Waals surface area contributed by atoms with E-state index in [1.165, 1.54) is 12.1 Å². The summed E-state index contributed by atoms with van der Waals surface area (Å²) in [7, 11) is 1.85. The van der Waals surface area contributed by atoms with E-state index in [0.29, 0.717) is 5.03 Å². The third kappa shape index (κ3) is 3.36. The molecule has 0 spiro atoms. The van der Waals surface area contributed by atoms with E-state index in [2.05, 4.69) is 5.32 Å². The van der Waals surface area contributed by atoms with Gasteiger partial charge in [0, 0.05) is 29.9 Å². The largest absolute Gasteiger partial charge is 0.388 e. The minimum absolute atomic E-state index is 0.0663. The first-order valence-electron chi connectivity index (χ1n) is 6.00. The second-order valence-corrected chi connectivity index (χ2v) is 4.58. The number of nitro benzene ring substituents is 1. The van der Waals surface area contributed by atoms with Gasteiger partial charge < -0.3 is 5.32 Å². The minimum Gasteiger partial charge on any atom is -0.388 e. The summed E-state index contributed by atoms with van der Waals surface area (Å²) in [5, 5.41) is 14.2. The molecule has 102 valence electrons. The van der Waals surface area contributed by atoms with Crippen molar-refractivity contribution >= 4 is 34.1 Å². The third-order valence-electron chi connectivity index (χ3n) is 2.85. The first-order chi connectivity index (χ1) is 9.60. The summed E-state index contributed by atoms with van der Waals surface area (Å²) in [5.74, 6) is 0. The molecule has 0 aliphatic rings. The summed E-state index contributed by atoms with van der Waals surface area (Å²) in [6, 6.07) is 13.9. The lowest BCUT2D eigenvalue weighted by molar-refractivity contribution is -0.384. The lowest BCUT2D eigenvalue weighted by atomic mass is 10.1. The molecule has 2 rings (SSSR count). The van der Waals surface area contributed by atoms with E-state index in [0.717, 1.165) is 16.8 Å². The monoisotopic (exact) mass is 288 g/mol. The fourth-order valence-electron chi connectivity index (χ4n) is 1.72. The van der Waals surface area contributed by atoms with E-state index in [4.69, 9.17) is 11.6 Å². The molecule has 0 unspecified atom stereocenters. The molecular weight excluding hydrogens is 276 g/mol. The van der Waals surface area contributed by atoms with Crippen LogP contribution in [0.5, 0.6) is 0 Å². The van der Waals surface area contributed by atoms with Crippen LogP contribution in [0.2, 0.25) is 0 Å². The van der Waals surface area contributed by atoms with Crippen LogP contribution in [0.15, 0.2) is 48.5 Å². The Morgan fingerprint density at radius 2 is 1.75 bits per heavy atom. The van der Waals surface area contributed by atoms with Crippen molar-refractivity contribution in [1.82, 2.24) is 0 Å². The number of anilines is 1. The molecule has 2 aromatic rings. The number of nitro groups is 1. The molecular formula is C15H13ClN2O2. The molecule has 0 saturated carbocycles. The molecule has 5 heteroatoms. The van der Waals surface area contributed by atoms with Crippen LogP contribution < -0.4 is 5.32 Å². The molecule has 0 aliphatic carbocycles. The number of nitrogens with zero attached hydrogens (tertiary/aromatic N) is 1. The predicted molar refractivity (Wildman–Crippen MR) is 82.8 cm³/mol. The summed E-state index contributed by atoms with van der Waals surface area (Å²) in [6.45, 7) is 0. The molecule has 0 fully saturated rings. The minimum atomic E-state index is -0.425. The zero-order valence-electron chi connectivity index (χ0n) is 10.8. The Bertz CT molecular complexity index is 634. The summed E-state index contributed by atoms with van der Waals surface area (Å²) in [6.07, 6.45) is 1.78. The van der Waals surface area contributed by atoms with Crippen molar-refractivity contribution < 1.29 is 4.92 Å². The van der Waals surface area contributed by atoms with Gasteiger partial charge in [0.25, 0.3) is 5.69 Å². The molecule has 0 radical (unpaired) electrons. The van der Waals surface area contributed by atoms with Crippen LogP contribution in [-0.4, -0.2) is 12.0 Å². The van der Waals surface area contributed by atoms with E-state index in [9.17, 15) is 10.1 Å². The van der Waals surface area contributed by atoms with Crippen molar-refractivity contribution in [3.05, 3.63) is 69.8 Å². The molecule has 2 aromatic carbocycles. The van der Waals surface area contributed by atoms with Crippen molar-refractivity contribution in [2.75, 3.05) is 12.4 Å². The molecule has 20 heavy (non-hydrogen) atoms. The van der Waals surface area contributed by atoms with Crippen molar-refractivity contribution in [3.8, 4) is 0 Å². The van der Waals surface area contributed by atoms with Gasteiger partial charge in [0.2, 0.25) is 0 Å². The summed E-state index contributed by atoms with van der Waals surface area (Å²) in [4.78, 5) is 10.1. The highest BCUT2D eigenvalue weighted by molar-refractivity contribution is 6.51. The maximum absolute atomic E-state index is 10.6. The highest BCUT2D eigenvalue weighted by Gasteiger charge is 2.04. The standard InChI is InChI=1S/C15H13ClN2O2/c1-17-13-6-4-12(5-7-13)15(16)10-11-2-8-14(9-3-11)18(19)20/h2-10,17H,1H3. The Morgan fingerprint density at radius 3 is 2.25 bits per heavy atom. The van der Waals surface area contributed by atoms with Gasteiger partial charge in [0.15, 0.2) is 0 Å².